The zero-order valence-corrected chi connectivity index (χ0v) is 8.42. The summed E-state index contributed by atoms with van der Waals surface area (Å²) >= 11 is 0. The minimum absolute atomic E-state index is 0.390. The maximum Gasteiger partial charge on any atom is 0.312 e. The third kappa shape index (κ3) is 1.68. The Morgan fingerprint density at radius 3 is 2.80 bits per heavy atom. The largest absolute Gasteiger partial charge is 0.352 e. The molecule has 6 heteroatoms. The number of primary amides is 1. The van der Waals surface area contributed by atoms with Crippen molar-refractivity contribution in [1.29, 1.82) is 0 Å². The number of aromatic amines is 1. The second-order valence-corrected chi connectivity index (χ2v) is 3.89. The van der Waals surface area contributed by atoms with Crippen LogP contribution in [0.3, 0.4) is 0 Å². The van der Waals surface area contributed by atoms with E-state index in [-0.39, 0.29) is 5.54 Å². The molecule has 0 aliphatic heterocycles. The Hall–Kier alpha value is -1.56. The van der Waals surface area contributed by atoms with Gasteiger partial charge in [-0.3, -0.25) is 0 Å². The molecule has 0 saturated heterocycles. The van der Waals surface area contributed by atoms with Gasteiger partial charge < -0.3 is 21.8 Å². The molecule has 1 fully saturated rings. The van der Waals surface area contributed by atoms with Gasteiger partial charge in [-0.15, -0.1) is 0 Å². The number of urea groups is 1. The minimum Gasteiger partial charge on any atom is -0.352 e. The number of nitrogens with two attached hydrogens (primary N) is 2. The molecule has 1 aliphatic carbocycles. The molecule has 0 aromatic carbocycles. The molecule has 1 aromatic heterocycles. The van der Waals surface area contributed by atoms with Gasteiger partial charge in [0.1, 0.15) is 5.82 Å². The summed E-state index contributed by atoms with van der Waals surface area (Å²) in [4.78, 5) is 18.2. The van der Waals surface area contributed by atoms with Crippen LogP contribution < -0.4 is 16.8 Å². The van der Waals surface area contributed by atoms with Gasteiger partial charge in [-0.25, -0.2) is 9.78 Å². The lowest BCUT2D eigenvalue weighted by Gasteiger charge is -2.40. The monoisotopic (exact) mass is 209 g/mol. The summed E-state index contributed by atoms with van der Waals surface area (Å²) in [7, 11) is 0. The molecular formula is C9H15N5O. The third-order valence-corrected chi connectivity index (χ3v) is 2.87. The van der Waals surface area contributed by atoms with Crippen LogP contribution in [0.5, 0.6) is 0 Å². The first-order valence-electron chi connectivity index (χ1n) is 4.98. The van der Waals surface area contributed by atoms with E-state index in [4.69, 9.17) is 11.5 Å². The molecule has 6 N–H and O–H groups in total. The Labute approximate surface area is 87.4 Å². The number of carbonyl (C=O) groups is 1. The molecule has 0 bridgehead atoms. The van der Waals surface area contributed by atoms with Crippen LogP contribution in [0.15, 0.2) is 6.20 Å². The van der Waals surface area contributed by atoms with Crippen molar-refractivity contribution in [3.8, 4) is 0 Å². The summed E-state index contributed by atoms with van der Waals surface area (Å²) in [5.41, 5.74) is 11.1. The van der Waals surface area contributed by atoms with Crippen molar-refractivity contribution in [3.05, 3.63) is 17.7 Å². The maximum atomic E-state index is 10.9. The average molecular weight is 209 g/mol. The highest BCUT2D eigenvalue weighted by molar-refractivity contribution is 5.73. The first-order chi connectivity index (χ1) is 7.16. The molecule has 15 heavy (non-hydrogen) atoms. The van der Waals surface area contributed by atoms with Crippen molar-refractivity contribution < 1.29 is 4.79 Å². The van der Waals surface area contributed by atoms with Crippen LogP contribution in [0.25, 0.3) is 0 Å². The van der Waals surface area contributed by atoms with Gasteiger partial charge in [-0.05, 0) is 19.3 Å². The lowest BCUT2D eigenvalue weighted by Crippen LogP contribution is -2.53. The Kier molecular flexibility index (Phi) is 2.36. The van der Waals surface area contributed by atoms with E-state index in [1.807, 2.05) is 0 Å². The minimum atomic E-state index is -0.514. The zero-order chi connectivity index (χ0) is 10.9. The number of hydrogen-bond donors (Lipinski definition) is 4. The van der Waals surface area contributed by atoms with E-state index in [0.717, 1.165) is 30.8 Å². The predicted octanol–water partition coefficient (Wildman–Crippen LogP) is -0.0841. The number of aromatic nitrogens is 2. The fourth-order valence-corrected chi connectivity index (χ4v) is 1.89. The molecule has 1 saturated carbocycles. The van der Waals surface area contributed by atoms with Gasteiger partial charge in [0.2, 0.25) is 0 Å². The fourth-order valence-electron chi connectivity index (χ4n) is 1.89. The Morgan fingerprint density at radius 1 is 1.67 bits per heavy atom. The van der Waals surface area contributed by atoms with Gasteiger partial charge >= 0.3 is 6.03 Å². The summed E-state index contributed by atoms with van der Waals surface area (Å²) in [6, 6.07) is -0.514. The first kappa shape index (κ1) is 9.97. The summed E-state index contributed by atoms with van der Waals surface area (Å²) in [6.45, 7) is 0.416. The molecular weight excluding hydrogens is 194 g/mol. The van der Waals surface area contributed by atoms with Gasteiger partial charge in [-0.2, -0.15) is 0 Å². The van der Waals surface area contributed by atoms with Crippen molar-refractivity contribution in [2.75, 3.05) is 0 Å². The predicted molar refractivity (Wildman–Crippen MR) is 54.7 cm³/mol. The summed E-state index contributed by atoms with van der Waals surface area (Å²) < 4.78 is 0. The maximum absolute atomic E-state index is 10.9. The molecule has 1 heterocycles. The summed E-state index contributed by atoms with van der Waals surface area (Å²) in [6.07, 6.45) is 4.50. The molecule has 1 aliphatic rings. The van der Waals surface area contributed by atoms with Crippen molar-refractivity contribution in [3.63, 3.8) is 0 Å². The Morgan fingerprint density at radius 2 is 2.40 bits per heavy atom. The van der Waals surface area contributed by atoms with Crippen LogP contribution in [0.2, 0.25) is 0 Å². The number of rotatable bonds is 3. The molecule has 0 atom stereocenters. The van der Waals surface area contributed by atoms with Crippen molar-refractivity contribution in [1.82, 2.24) is 15.3 Å². The van der Waals surface area contributed by atoms with Crippen molar-refractivity contribution in [2.45, 2.75) is 31.3 Å². The quantitative estimate of drug-likeness (QED) is 0.558. The number of imidazole rings is 1. The van der Waals surface area contributed by atoms with Crippen LogP contribution >= 0.6 is 0 Å². The Balaban J connectivity index is 2.21. The van der Waals surface area contributed by atoms with E-state index in [9.17, 15) is 4.79 Å². The molecule has 0 spiro atoms. The molecule has 2 amide bonds. The van der Waals surface area contributed by atoms with E-state index >= 15 is 0 Å². The molecule has 1 aromatic rings. The first-order valence-corrected chi connectivity index (χ1v) is 4.98. The number of amides is 2. The highest BCUT2D eigenvalue weighted by Crippen LogP contribution is 2.39. The highest BCUT2D eigenvalue weighted by atomic mass is 16.2. The van der Waals surface area contributed by atoms with E-state index in [2.05, 4.69) is 15.3 Å². The number of nitrogens with zero attached hydrogens (tertiary/aromatic N) is 1. The lowest BCUT2D eigenvalue weighted by molar-refractivity contribution is 0.174. The average Bonchev–Trinajstić information content (AvgIpc) is 2.59. The smallest absolute Gasteiger partial charge is 0.312 e. The van der Waals surface area contributed by atoms with Crippen LogP contribution in [-0.4, -0.2) is 16.0 Å². The SMILES string of the molecule is NCc1cnc(C2(NC(N)=O)CCC2)[nH]1. The van der Waals surface area contributed by atoms with Gasteiger partial charge in [0, 0.05) is 18.4 Å². The van der Waals surface area contributed by atoms with Crippen LogP contribution in [0.1, 0.15) is 30.8 Å². The summed E-state index contributed by atoms with van der Waals surface area (Å²) in [5.74, 6) is 0.757. The van der Waals surface area contributed by atoms with E-state index in [0.29, 0.717) is 6.54 Å². The number of carbonyl (C=O) groups excluding carboxylic acids is 1. The van der Waals surface area contributed by atoms with E-state index in [1.54, 1.807) is 6.20 Å². The molecule has 82 valence electrons. The van der Waals surface area contributed by atoms with Gasteiger partial charge in [0.25, 0.3) is 0 Å². The highest BCUT2D eigenvalue weighted by Gasteiger charge is 2.42. The lowest BCUT2D eigenvalue weighted by atomic mass is 9.76. The standard InChI is InChI=1S/C9H15N5O/c10-4-6-5-12-7(13-6)9(2-1-3-9)14-8(11)15/h5H,1-4,10H2,(H,12,13)(H3,11,14,15). The number of H-pyrrole nitrogens is 1. The van der Waals surface area contributed by atoms with Crippen molar-refractivity contribution >= 4 is 6.03 Å². The Bertz CT molecular complexity index is 368. The fraction of sp³-hybridized carbons (Fsp3) is 0.556. The van der Waals surface area contributed by atoms with Crippen LogP contribution in [-0.2, 0) is 12.1 Å². The van der Waals surface area contributed by atoms with Gasteiger partial charge in [-0.1, -0.05) is 0 Å². The van der Waals surface area contributed by atoms with Gasteiger partial charge in [0.05, 0.1) is 5.54 Å². The molecule has 6 nitrogen and oxygen atoms in total. The van der Waals surface area contributed by atoms with Crippen molar-refractivity contribution in [2.24, 2.45) is 11.5 Å². The number of nitrogens with one attached hydrogen (secondary N) is 2. The zero-order valence-electron chi connectivity index (χ0n) is 8.42. The third-order valence-electron chi connectivity index (χ3n) is 2.87. The van der Waals surface area contributed by atoms with Crippen LogP contribution in [0, 0.1) is 0 Å². The van der Waals surface area contributed by atoms with Crippen LogP contribution in [0.4, 0.5) is 4.79 Å². The van der Waals surface area contributed by atoms with Gasteiger partial charge in [0.15, 0.2) is 0 Å². The molecule has 0 radical (unpaired) electrons. The second kappa shape index (κ2) is 3.54. The van der Waals surface area contributed by atoms with E-state index < -0.39 is 6.03 Å². The van der Waals surface area contributed by atoms with E-state index in [1.165, 1.54) is 0 Å². The molecule has 0 unspecified atom stereocenters. The topological polar surface area (TPSA) is 110 Å². The molecule has 2 rings (SSSR count). The number of hydrogen-bond acceptors (Lipinski definition) is 3. The summed E-state index contributed by atoms with van der Waals surface area (Å²) in [5, 5.41) is 2.75. The normalized spacial score (nSPS) is 18.2. The second-order valence-electron chi connectivity index (χ2n) is 3.89.